The van der Waals surface area contributed by atoms with Crippen LogP contribution in [0.15, 0.2) is 0 Å². The molecule has 0 heterocycles. The molecule has 0 saturated heterocycles. The number of carbonyl (C=O) groups excluding carboxylic acids is 1. The number of hydrogen-bond donors (Lipinski definition) is 1. The van der Waals surface area contributed by atoms with Crippen molar-refractivity contribution in [1.82, 2.24) is 0 Å². The minimum Gasteiger partial charge on any atom is -0.391 e. The van der Waals surface area contributed by atoms with Gasteiger partial charge in [-0.25, -0.2) is 0 Å². The van der Waals surface area contributed by atoms with E-state index in [0.29, 0.717) is 6.42 Å². The number of Topliss-reactive ketones (excluding diaryl/α,β-unsaturated/α-hetero) is 1. The summed E-state index contributed by atoms with van der Waals surface area (Å²) in [6, 6.07) is 0. The first-order chi connectivity index (χ1) is 6.66. The van der Waals surface area contributed by atoms with Crippen LogP contribution in [0.1, 0.15) is 45.4 Å². The van der Waals surface area contributed by atoms with Crippen LogP contribution in [-0.2, 0) is 4.79 Å². The van der Waals surface area contributed by atoms with Crippen molar-refractivity contribution in [2.45, 2.75) is 56.9 Å². The lowest BCUT2D eigenvalue weighted by Crippen LogP contribution is -2.36. The maximum atomic E-state index is 11.5. The van der Waals surface area contributed by atoms with Crippen LogP contribution in [0.25, 0.3) is 0 Å². The second-order valence-corrected chi connectivity index (χ2v) is 4.67. The van der Waals surface area contributed by atoms with Gasteiger partial charge in [0, 0.05) is 12.3 Å². The van der Waals surface area contributed by atoms with Crippen LogP contribution >= 0.6 is 11.6 Å². The maximum absolute atomic E-state index is 11.5. The van der Waals surface area contributed by atoms with E-state index in [1.54, 1.807) is 0 Å². The van der Waals surface area contributed by atoms with E-state index >= 15 is 0 Å². The first-order valence-corrected chi connectivity index (χ1v) is 5.95. The Morgan fingerprint density at radius 3 is 2.86 bits per heavy atom. The smallest absolute Gasteiger partial charge is 0.138 e. The Morgan fingerprint density at radius 1 is 1.57 bits per heavy atom. The Balaban J connectivity index is 2.48. The minimum absolute atomic E-state index is 0.196. The van der Waals surface area contributed by atoms with Gasteiger partial charge in [-0.1, -0.05) is 19.8 Å². The molecular formula is C11H19ClO2. The molecule has 3 heteroatoms. The van der Waals surface area contributed by atoms with Gasteiger partial charge >= 0.3 is 0 Å². The molecule has 0 aromatic heterocycles. The van der Waals surface area contributed by atoms with Crippen LogP contribution in [0.2, 0.25) is 0 Å². The highest BCUT2D eigenvalue weighted by molar-refractivity contribution is 6.21. The fourth-order valence-corrected chi connectivity index (χ4v) is 2.46. The van der Waals surface area contributed by atoms with E-state index in [9.17, 15) is 9.90 Å². The summed E-state index contributed by atoms with van der Waals surface area (Å²) in [6.07, 6.45) is 4.55. The van der Waals surface area contributed by atoms with E-state index < -0.39 is 6.10 Å². The third kappa shape index (κ3) is 2.96. The number of aliphatic hydroxyl groups is 1. The number of hydrogen-bond acceptors (Lipinski definition) is 2. The van der Waals surface area contributed by atoms with Gasteiger partial charge in [-0.05, 0) is 19.3 Å². The quantitative estimate of drug-likeness (QED) is 0.737. The fourth-order valence-electron chi connectivity index (χ4n) is 2.07. The largest absolute Gasteiger partial charge is 0.391 e. The molecule has 82 valence electrons. The molecule has 0 radical (unpaired) electrons. The zero-order chi connectivity index (χ0) is 10.6. The normalized spacial score (nSPS) is 27.4. The van der Waals surface area contributed by atoms with Gasteiger partial charge < -0.3 is 5.11 Å². The van der Waals surface area contributed by atoms with Crippen molar-refractivity contribution in [1.29, 1.82) is 0 Å². The van der Waals surface area contributed by atoms with Gasteiger partial charge in [0.05, 0.1) is 11.5 Å². The summed E-state index contributed by atoms with van der Waals surface area (Å²) in [5, 5.41) is 9.63. The molecule has 1 aliphatic rings. The lowest BCUT2D eigenvalue weighted by atomic mass is 9.82. The van der Waals surface area contributed by atoms with Gasteiger partial charge in [-0.3, -0.25) is 4.79 Å². The molecule has 1 aliphatic carbocycles. The summed E-state index contributed by atoms with van der Waals surface area (Å²) in [7, 11) is 0. The molecule has 1 N–H and O–H groups in total. The molecular weight excluding hydrogens is 200 g/mol. The first-order valence-electron chi connectivity index (χ1n) is 5.51. The number of ketones is 1. The Morgan fingerprint density at radius 2 is 2.29 bits per heavy atom. The summed E-state index contributed by atoms with van der Waals surface area (Å²) in [5.41, 5.74) is 0. The second kappa shape index (κ2) is 5.72. The van der Waals surface area contributed by atoms with Crippen molar-refractivity contribution in [3.63, 3.8) is 0 Å². The van der Waals surface area contributed by atoms with Crippen molar-refractivity contribution >= 4 is 17.4 Å². The lowest BCUT2D eigenvalue weighted by molar-refractivity contribution is -0.128. The molecule has 0 amide bonds. The Kier molecular flexibility index (Phi) is 4.90. The minimum atomic E-state index is -0.635. The van der Waals surface area contributed by atoms with E-state index in [0.717, 1.165) is 32.1 Å². The number of rotatable bonds is 4. The van der Waals surface area contributed by atoms with Crippen LogP contribution < -0.4 is 0 Å². The number of aliphatic hydroxyl groups excluding tert-OH is 1. The summed E-state index contributed by atoms with van der Waals surface area (Å²) < 4.78 is 0. The molecule has 1 saturated carbocycles. The number of carbonyl (C=O) groups is 1. The summed E-state index contributed by atoms with van der Waals surface area (Å²) in [5.74, 6) is 0.00306. The first kappa shape index (κ1) is 12.0. The zero-order valence-corrected chi connectivity index (χ0v) is 9.46. The van der Waals surface area contributed by atoms with Gasteiger partial charge in [0.25, 0.3) is 0 Å². The van der Waals surface area contributed by atoms with Crippen molar-refractivity contribution in [2.24, 2.45) is 5.92 Å². The van der Waals surface area contributed by atoms with Gasteiger partial charge in [0.2, 0.25) is 0 Å². The van der Waals surface area contributed by atoms with Crippen molar-refractivity contribution in [2.75, 3.05) is 0 Å². The molecule has 0 aliphatic heterocycles. The standard InChI is InChI=1S/C11H19ClO2/c1-2-5-9(12)11(14)8-6-3-4-7-10(8)13/h8-9,11,14H,2-7H2,1H3/t8-,9+,11-/m1/s1. The van der Waals surface area contributed by atoms with Gasteiger partial charge in [0.1, 0.15) is 5.78 Å². The Labute approximate surface area is 90.6 Å². The van der Waals surface area contributed by atoms with Gasteiger partial charge in [-0.15, -0.1) is 11.6 Å². The third-order valence-electron chi connectivity index (χ3n) is 2.95. The molecule has 0 unspecified atom stereocenters. The van der Waals surface area contributed by atoms with Crippen molar-refractivity contribution < 1.29 is 9.90 Å². The Hall–Kier alpha value is -0.0800. The SMILES string of the molecule is CCC[C@H](Cl)[C@H](O)[C@@H]1CCCCC1=O. The molecule has 0 aromatic carbocycles. The summed E-state index contributed by atoms with van der Waals surface area (Å²) in [6.45, 7) is 2.03. The zero-order valence-electron chi connectivity index (χ0n) is 8.71. The third-order valence-corrected chi connectivity index (χ3v) is 3.43. The Bertz CT molecular complexity index is 194. The van der Waals surface area contributed by atoms with E-state index in [1.807, 2.05) is 6.92 Å². The summed E-state index contributed by atoms with van der Waals surface area (Å²) in [4.78, 5) is 11.5. The molecule has 1 rings (SSSR count). The van der Waals surface area contributed by atoms with Crippen molar-refractivity contribution in [3.8, 4) is 0 Å². The van der Waals surface area contributed by atoms with Gasteiger partial charge in [0.15, 0.2) is 0 Å². The molecule has 14 heavy (non-hydrogen) atoms. The molecule has 2 nitrogen and oxygen atoms in total. The number of alkyl halides is 1. The average Bonchev–Trinajstić information content (AvgIpc) is 2.18. The molecule has 1 fully saturated rings. The van der Waals surface area contributed by atoms with E-state index in [-0.39, 0.29) is 17.1 Å². The monoisotopic (exact) mass is 218 g/mol. The number of halogens is 1. The lowest BCUT2D eigenvalue weighted by Gasteiger charge is -2.28. The fraction of sp³-hybridized carbons (Fsp3) is 0.909. The predicted molar refractivity (Wildman–Crippen MR) is 57.5 cm³/mol. The molecule has 3 atom stereocenters. The van der Waals surface area contributed by atoms with Crippen molar-refractivity contribution in [3.05, 3.63) is 0 Å². The second-order valence-electron chi connectivity index (χ2n) is 4.11. The van der Waals surface area contributed by atoms with Gasteiger partial charge in [-0.2, -0.15) is 0 Å². The highest BCUT2D eigenvalue weighted by Gasteiger charge is 2.32. The molecule has 0 spiro atoms. The van der Waals surface area contributed by atoms with E-state index in [4.69, 9.17) is 11.6 Å². The maximum Gasteiger partial charge on any atom is 0.138 e. The average molecular weight is 219 g/mol. The van der Waals surface area contributed by atoms with Crippen LogP contribution in [0, 0.1) is 5.92 Å². The van der Waals surface area contributed by atoms with Crippen LogP contribution in [-0.4, -0.2) is 22.4 Å². The van der Waals surface area contributed by atoms with Crippen LogP contribution in [0.5, 0.6) is 0 Å². The highest BCUT2D eigenvalue weighted by Crippen LogP contribution is 2.27. The predicted octanol–water partition coefficient (Wildman–Crippen LogP) is 2.51. The van der Waals surface area contributed by atoms with Crippen LogP contribution in [0.3, 0.4) is 0 Å². The van der Waals surface area contributed by atoms with E-state index in [1.165, 1.54) is 0 Å². The van der Waals surface area contributed by atoms with Crippen LogP contribution in [0.4, 0.5) is 0 Å². The summed E-state index contributed by atoms with van der Waals surface area (Å²) >= 11 is 6.03. The van der Waals surface area contributed by atoms with E-state index in [2.05, 4.69) is 0 Å². The topological polar surface area (TPSA) is 37.3 Å². The molecule has 0 aromatic rings. The highest BCUT2D eigenvalue weighted by atomic mass is 35.5. The molecule has 0 bridgehead atoms.